The Morgan fingerprint density at radius 3 is 1.39 bits per heavy atom. The minimum atomic E-state index is -4.86. The second kappa shape index (κ2) is 24.1. The predicted molar refractivity (Wildman–Crippen MR) is 145 cm³/mol. The maximum Gasteiger partial charge on any atom is 1.00 e. The van der Waals surface area contributed by atoms with E-state index in [1.165, 1.54) is 6.92 Å². The summed E-state index contributed by atoms with van der Waals surface area (Å²) in [5, 5.41) is 17.0. The Morgan fingerprint density at radius 2 is 1.06 bits per heavy atom. The normalized spacial score (nSPS) is 10.0. The number of nitrogens with zero attached hydrogens (tertiary/aromatic N) is 6. The summed E-state index contributed by atoms with van der Waals surface area (Å²) in [6, 6.07) is 0. The zero-order valence-electron chi connectivity index (χ0n) is 25.1. The number of carbonyl (C=O) groups is 2. The summed E-state index contributed by atoms with van der Waals surface area (Å²) < 4.78 is 115. The summed E-state index contributed by atoms with van der Waals surface area (Å²) in [6.45, 7) is 0.666. The van der Waals surface area contributed by atoms with Crippen LogP contribution in [0.1, 0.15) is 66.6 Å². The molecular formula is C22H28BF9N9Na2O6. The van der Waals surface area contributed by atoms with E-state index in [-0.39, 0.29) is 101 Å². The second-order valence-electron chi connectivity index (χ2n) is 7.26. The minimum absolute atomic E-state index is 0. The number of ether oxygens (including phenoxy) is 1. The first-order valence-electron chi connectivity index (χ1n) is 10.7. The molecule has 3 aromatic rings. The molecule has 0 aliphatic heterocycles. The first-order chi connectivity index (χ1) is 19.6. The number of carbonyl (C=O) groups excluding carboxylic acids is 1. The molecule has 0 saturated carbocycles. The van der Waals surface area contributed by atoms with Crippen molar-refractivity contribution in [2.45, 2.75) is 46.9 Å². The Balaban J connectivity index is -0.000000104. The maximum absolute atomic E-state index is 12.5. The number of carboxylic acids is 1. The van der Waals surface area contributed by atoms with Crippen LogP contribution in [0.3, 0.4) is 0 Å². The van der Waals surface area contributed by atoms with Gasteiger partial charge in [-0.25, -0.2) is 39.5 Å². The molecule has 49 heavy (non-hydrogen) atoms. The third-order valence-corrected chi connectivity index (χ3v) is 4.20. The molecule has 0 saturated heterocycles. The number of aromatic nitrogens is 6. The fourth-order valence-corrected chi connectivity index (χ4v) is 2.52. The van der Waals surface area contributed by atoms with Crippen molar-refractivity contribution in [3.8, 4) is 0 Å². The van der Waals surface area contributed by atoms with Gasteiger partial charge in [-0.1, -0.05) is 14.9 Å². The molecule has 0 aliphatic carbocycles. The summed E-state index contributed by atoms with van der Waals surface area (Å²) in [7, 11) is 0. The number of aliphatic hydroxyl groups is 1. The van der Waals surface area contributed by atoms with Crippen molar-refractivity contribution in [3.63, 3.8) is 0 Å². The number of aromatic carboxylic acids is 1. The van der Waals surface area contributed by atoms with Gasteiger partial charge in [0.1, 0.15) is 11.1 Å². The second-order valence-corrected chi connectivity index (χ2v) is 7.26. The number of nitrogens with two attached hydrogens (primary N) is 3. The number of alkyl halides is 9. The molecule has 0 unspecified atom stereocenters. The van der Waals surface area contributed by atoms with Crippen molar-refractivity contribution in [2.24, 2.45) is 0 Å². The molecular weight excluding hydrogens is 714 g/mol. The molecule has 0 spiro atoms. The zero-order chi connectivity index (χ0) is 33.3. The van der Waals surface area contributed by atoms with Gasteiger partial charge >= 0.3 is 89.6 Å². The van der Waals surface area contributed by atoms with Crippen LogP contribution < -0.4 is 76.3 Å². The van der Waals surface area contributed by atoms with Gasteiger partial charge in [0, 0.05) is 32.6 Å². The Labute approximate surface area is 319 Å². The zero-order valence-corrected chi connectivity index (χ0v) is 28.1. The molecule has 0 atom stereocenters. The fraction of sp³-hybridized carbons (Fsp3) is 0.364. The van der Waals surface area contributed by atoms with Crippen molar-refractivity contribution in [3.05, 3.63) is 52.4 Å². The van der Waals surface area contributed by atoms with Gasteiger partial charge in [-0.3, -0.25) is 0 Å². The van der Waals surface area contributed by atoms with E-state index < -0.39 is 83.1 Å². The third-order valence-electron chi connectivity index (χ3n) is 4.20. The smallest absolute Gasteiger partial charge is 1.00 e. The van der Waals surface area contributed by atoms with E-state index in [2.05, 4.69) is 34.6 Å². The Bertz CT molecular complexity index is 1470. The van der Waals surface area contributed by atoms with Crippen LogP contribution in [0.25, 0.3) is 0 Å². The average Bonchev–Trinajstić information content (AvgIpc) is 2.88. The molecule has 15 nitrogen and oxygen atoms in total. The largest absolute Gasteiger partial charge is 1.00 e. The van der Waals surface area contributed by atoms with Gasteiger partial charge in [0.25, 0.3) is 0 Å². The van der Waals surface area contributed by atoms with E-state index in [4.69, 9.17) is 27.4 Å². The van der Waals surface area contributed by atoms with Gasteiger partial charge < -0.3 is 39.1 Å². The number of nitrogen functional groups attached to an aromatic ring is 3. The number of hydrogen-bond donors (Lipinski definition) is 5. The van der Waals surface area contributed by atoms with Gasteiger partial charge in [0.15, 0.2) is 17.1 Å². The third kappa shape index (κ3) is 18.5. The van der Waals surface area contributed by atoms with Crippen LogP contribution >= 0.6 is 0 Å². The first-order valence-corrected chi connectivity index (χ1v) is 10.7. The molecule has 9 N–H and O–H groups in total. The molecule has 265 valence electrons. The number of rotatable bonds is 4. The summed E-state index contributed by atoms with van der Waals surface area (Å²) in [5.74, 6) is -4.53. The molecule has 0 aromatic carbocycles. The van der Waals surface area contributed by atoms with E-state index in [1.807, 2.05) is 0 Å². The van der Waals surface area contributed by atoms with Crippen molar-refractivity contribution in [2.75, 3.05) is 23.8 Å². The predicted octanol–water partition coefficient (Wildman–Crippen LogP) is -2.56. The first kappa shape index (κ1) is 58.2. The van der Waals surface area contributed by atoms with Gasteiger partial charge in [-0.2, -0.15) is 39.5 Å². The van der Waals surface area contributed by atoms with Gasteiger partial charge in [-0.05, 0) is 6.92 Å². The number of hydrogen-bond acceptors (Lipinski definition) is 14. The molecule has 0 amide bonds. The standard InChI is InChI=1S/C8H8F3N3O2.C6H4F3N3O2.C6H6F3N3O.2CH4.B.2Na.H2O.H/c1-2-16-6(15)4-3-13-7(12)14-5(4)8(9,10)11;7-6(8,9)3-2(4(13)14)1-11-5(10)12-3;7-6(8,9)4-3(2-13)1-11-5(10)12-4;;;;;;;/h3H,2H2,1H3,(H2,12,13,14);1H,(H,13,14)(H2,10,11,12);1,13H,2H2,(H2,10,11,12);2*1H4;;;;1H2;/q;;;;;;2*+1;;-1/p-1. The maximum atomic E-state index is 12.5. The summed E-state index contributed by atoms with van der Waals surface area (Å²) in [4.78, 5) is 40.2. The molecule has 3 aromatic heterocycles. The van der Waals surface area contributed by atoms with Crippen molar-refractivity contribution < 1.29 is 130 Å². The van der Waals surface area contributed by atoms with E-state index in [1.54, 1.807) is 0 Å². The molecule has 3 heterocycles. The van der Waals surface area contributed by atoms with Gasteiger partial charge in [0.05, 0.1) is 13.2 Å². The molecule has 27 heteroatoms. The van der Waals surface area contributed by atoms with E-state index in [0.29, 0.717) is 12.4 Å². The Morgan fingerprint density at radius 1 is 0.735 bits per heavy atom. The molecule has 0 bridgehead atoms. The van der Waals surface area contributed by atoms with Crippen LogP contribution in [0.2, 0.25) is 0 Å². The SMILES string of the molecule is C.C.CCOC(=O)c1cnc(N)nc1C(F)(F)F.Nc1ncc(C(=O)O)c(C(F)(F)F)n1.Nc1ncc(CO)c(C(F)(F)F)n1.[B].[H-].[Na+].[Na+].[OH-]. The number of anilines is 3. The molecule has 0 aliphatic rings. The van der Waals surface area contributed by atoms with Crippen LogP contribution in [-0.4, -0.2) is 72.6 Å². The summed E-state index contributed by atoms with van der Waals surface area (Å²) >= 11 is 0. The number of carboxylic acid groups (broad SMARTS) is 1. The van der Waals surface area contributed by atoms with Crippen LogP contribution in [0.5, 0.6) is 0 Å². The number of esters is 1. The molecule has 3 rings (SSSR count). The van der Waals surface area contributed by atoms with Gasteiger partial charge in [-0.15, -0.1) is 0 Å². The Hall–Kier alpha value is -3.07. The van der Waals surface area contributed by atoms with Crippen LogP contribution in [0.4, 0.5) is 57.4 Å². The van der Waals surface area contributed by atoms with Crippen LogP contribution in [-0.2, 0) is 29.9 Å². The summed E-state index contributed by atoms with van der Waals surface area (Å²) in [5.41, 5.74) is 8.63. The summed E-state index contributed by atoms with van der Waals surface area (Å²) in [6.07, 6.45) is -12.2. The molecule has 0 fully saturated rings. The monoisotopic (exact) mass is 742 g/mol. The van der Waals surface area contributed by atoms with Crippen molar-refractivity contribution >= 4 is 38.2 Å². The van der Waals surface area contributed by atoms with E-state index in [9.17, 15) is 49.1 Å². The number of aliphatic hydroxyl groups excluding tert-OH is 1. The van der Waals surface area contributed by atoms with Gasteiger partial charge in [0.2, 0.25) is 17.8 Å². The van der Waals surface area contributed by atoms with Crippen LogP contribution in [0, 0.1) is 0 Å². The fourth-order valence-electron chi connectivity index (χ4n) is 2.52. The quantitative estimate of drug-likeness (QED) is 0.105. The van der Waals surface area contributed by atoms with Crippen molar-refractivity contribution in [1.82, 2.24) is 29.9 Å². The minimum Gasteiger partial charge on any atom is -1.00 e. The van der Waals surface area contributed by atoms with Crippen molar-refractivity contribution in [1.29, 1.82) is 0 Å². The molecule has 3 radical (unpaired) electrons. The van der Waals surface area contributed by atoms with E-state index >= 15 is 0 Å². The number of halogens is 9. The topological polar surface area (TPSA) is 269 Å². The average molecular weight is 742 g/mol. The van der Waals surface area contributed by atoms with E-state index in [0.717, 1.165) is 6.20 Å². The van der Waals surface area contributed by atoms with Crippen LogP contribution in [0.15, 0.2) is 18.6 Å². The Kier molecular flexibility index (Phi) is 28.7.